The van der Waals surface area contributed by atoms with Crippen molar-refractivity contribution in [3.8, 4) is 11.5 Å². The maximum atomic E-state index is 11.2. The number of benzene rings is 1. The number of halogens is 3. The first-order chi connectivity index (χ1) is 7.76. The molecule has 0 amide bonds. The van der Waals surface area contributed by atoms with Crippen LogP contribution in [-0.4, -0.2) is 18.7 Å². The largest absolute Gasteiger partial charge is 0.497 e. The summed E-state index contributed by atoms with van der Waals surface area (Å²) in [6.45, 7) is 0. The molecule has 0 heterocycles. The van der Waals surface area contributed by atoms with Gasteiger partial charge in [0.2, 0.25) is 0 Å². The van der Waals surface area contributed by atoms with Gasteiger partial charge in [0.15, 0.2) is 5.75 Å². The van der Waals surface area contributed by atoms with Crippen molar-refractivity contribution in [2.75, 3.05) is 7.11 Å². The minimum absolute atomic E-state index is 0.0853. The molecular formula is C8H7Cl3O5S. The van der Waals surface area contributed by atoms with Crippen LogP contribution in [0.2, 0.25) is 0 Å². The molecule has 9 heteroatoms. The van der Waals surface area contributed by atoms with Crippen molar-refractivity contribution in [3.63, 3.8) is 0 Å². The fourth-order valence-electron chi connectivity index (χ4n) is 0.776. The summed E-state index contributed by atoms with van der Waals surface area (Å²) in [6, 6.07) is 6.04. The Bertz CT molecular complexity index is 482. The monoisotopic (exact) mass is 320 g/mol. The highest BCUT2D eigenvalue weighted by atomic mass is 35.6. The van der Waals surface area contributed by atoms with E-state index in [2.05, 4.69) is 9.22 Å². The molecule has 0 aliphatic rings. The molecule has 0 atom stereocenters. The summed E-state index contributed by atoms with van der Waals surface area (Å²) in [5.74, 6) is 0.541. The van der Waals surface area contributed by atoms with E-state index in [1.807, 2.05) is 0 Å². The van der Waals surface area contributed by atoms with Crippen LogP contribution in [-0.2, 0) is 14.5 Å². The first-order valence-corrected chi connectivity index (χ1v) is 6.62. The van der Waals surface area contributed by atoms with Crippen LogP contribution in [0.15, 0.2) is 24.3 Å². The molecule has 1 aromatic carbocycles. The zero-order chi connectivity index (χ0) is 13.1. The second-order valence-corrected chi connectivity index (χ2v) is 7.34. The molecule has 5 nitrogen and oxygen atoms in total. The third kappa shape index (κ3) is 4.08. The summed E-state index contributed by atoms with van der Waals surface area (Å²) in [5, 5.41) is 0. The summed E-state index contributed by atoms with van der Waals surface area (Å²) < 4.78 is 28.8. The molecule has 0 saturated carbocycles. The lowest BCUT2D eigenvalue weighted by Crippen LogP contribution is -2.23. The van der Waals surface area contributed by atoms with E-state index in [9.17, 15) is 8.42 Å². The fourth-order valence-corrected chi connectivity index (χ4v) is 1.25. The van der Waals surface area contributed by atoms with Crippen molar-refractivity contribution in [1.82, 2.24) is 0 Å². The van der Waals surface area contributed by atoms with E-state index in [0.717, 1.165) is 0 Å². The molecule has 0 unspecified atom stereocenters. The van der Waals surface area contributed by atoms with Gasteiger partial charge in [-0.25, -0.2) is 0 Å². The molecule has 0 radical (unpaired) electrons. The van der Waals surface area contributed by atoms with E-state index in [0.29, 0.717) is 5.75 Å². The molecule has 96 valence electrons. The van der Waals surface area contributed by atoms with Gasteiger partial charge in [0.1, 0.15) is 5.75 Å². The Morgan fingerprint density at radius 2 is 1.76 bits per heavy atom. The summed E-state index contributed by atoms with van der Waals surface area (Å²) >= 11 is 15.5. The molecule has 0 N–H and O–H groups in total. The molecule has 0 spiro atoms. The normalized spacial score (nSPS) is 12.2. The van der Waals surface area contributed by atoms with Gasteiger partial charge in [-0.1, -0.05) is 45.2 Å². The predicted molar refractivity (Wildman–Crippen MR) is 63.9 cm³/mol. The molecule has 0 saturated heterocycles. The maximum Gasteiger partial charge on any atom is 0.351 e. The van der Waals surface area contributed by atoms with Crippen LogP contribution in [0.25, 0.3) is 0 Å². The van der Waals surface area contributed by atoms with E-state index in [-0.39, 0.29) is 5.75 Å². The lowest BCUT2D eigenvalue weighted by molar-refractivity contribution is -0.0928. The SMILES string of the molecule is COc1cccc(OOS(=O)(=O)C(Cl)(Cl)Cl)c1. The number of ether oxygens (including phenoxy) is 1. The van der Waals surface area contributed by atoms with Gasteiger partial charge in [0.25, 0.3) is 0 Å². The zero-order valence-corrected chi connectivity index (χ0v) is 11.5. The number of hydrogen-bond acceptors (Lipinski definition) is 5. The second kappa shape index (κ2) is 5.49. The standard InChI is InChI=1S/C8H7Cl3O5S/c1-14-6-3-2-4-7(5-6)15-16-17(12,13)8(9,10)11/h2-5H,1H3. The molecule has 0 bridgehead atoms. The van der Waals surface area contributed by atoms with Gasteiger partial charge in [-0.05, 0) is 12.1 Å². The topological polar surface area (TPSA) is 61.8 Å². The van der Waals surface area contributed by atoms with Crippen LogP contribution in [0.3, 0.4) is 0 Å². The number of rotatable bonds is 4. The Hall–Kier alpha value is -0.400. The quantitative estimate of drug-likeness (QED) is 0.485. The highest BCUT2D eigenvalue weighted by Gasteiger charge is 2.41. The van der Waals surface area contributed by atoms with Gasteiger partial charge < -0.3 is 9.62 Å². The van der Waals surface area contributed by atoms with Gasteiger partial charge >= 0.3 is 13.2 Å². The van der Waals surface area contributed by atoms with Crippen molar-refractivity contribution in [1.29, 1.82) is 0 Å². The number of hydrogen-bond donors (Lipinski definition) is 0. The van der Waals surface area contributed by atoms with Gasteiger partial charge in [-0.2, -0.15) is 8.42 Å². The molecule has 0 aromatic heterocycles. The Labute approximate surface area is 113 Å². The van der Waals surface area contributed by atoms with Gasteiger partial charge in [-0.15, -0.1) is 0 Å². The molecule has 0 fully saturated rings. The minimum Gasteiger partial charge on any atom is -0.497 e. The summed E-state index contributed by atoms with van der Waals surface area (Å²) in [6.07, 6.45) is 0. The summed E-state index contributed by atoms with van der Waals surface area (Å²) in [4.78, 5) is 4.52. The highest BCUT2D eigenvalue weighted by Crippen LogP contribution is 2.34. The lowest BCUT2D eigenvalue weighted by Gasteiger charge is -2.11. The first kappa shape index (κ1) is 14.7. The smallest absolute Gasteiger partial charge is 0.351 e. The molecule has 1 rings (SSSR count). The number of alkyl halides is 3. The molecule has 1 aromatic rings. The van der Waals surface area contributed by atoms with Crippen LogP contribution < -0.4 is 9.62 Å². The van der Waals surface area contributed by atoms with Crippen LogP contribution >= 0.6 is 34.8 Å². The van der Waals surface area contributed by atoms with Crippen LogP contribution in [0.1, 0.15) is 0 Å². The molecule has 0 aliphatic carbocycles. The van der Waals surface area contributed by atoms with E-state index in [4.69, 9.17) is 39.5 Å². The average molecular weight is 322 g/mol. The van der Waals surface area contributed by atoms with Gasteiger partial charge in [-0.3, -0.25) is 0 Å². The summed E-state index contributed by atoms with van der Waals surface area (Å²) in [5.41, 5.74) is 0. The average Bonchev–Trinajstić information content (AvgIpc) is 2.25. The zero-order valence-electron chi connectivity index (χ0n) is 8.39. The third-order valence-corrected chi connectivity index (χ3v) is 4.06. The third-order valence-electron chi connectivity index (χ3n) is 1.54. The molecular weight excluding hydrogens is 315 g/mol. The second-order valence-electron chi connectivity index (χ2n) is 2.73. The van der Waals surface area contributed by atoms with Crippen LogP contribution in [0.4, 0.5) is 0 Å². The van der Waals surface area contributed by atoms with Crippen molar-refractivity contribution >= 4 is 44.9 Å². The minimum atomic E-state index is -4.48. The van der Waals surface area contributed by atoms with E-state index < -0.39 is 13.2 Å². The Morgan fingerprint density at radius 3 is 2.29 bits per heavy atom. The Morgan fingerprint density at radius 1 is 1.18 bits per heavy atom. The van der Waals surface area contributed by atoms with E-state index >= 15 is 0 Å². The maximum absolute atomic E-state index is 11.2. The summed E-state index contributed by atoms with van der Waals surface area (Å²) in [7, 11) is -3.04. The van der Waals surface area contributed by atoms with Crippen LogP contribution in [0, 0.1) is 0 Å². The Kier molecular flexibility index (Phi) is 4.74. The van der Waals surface area contributed by atoms with Gasteiger partial charge in [0.05, 0.1) is 7.11 Å². The van der Waals surface area contributed by atoms with E-state index in [1.165, 1.54) is 19.2 Å². The van der Waals surface area contributed by atoms with Crippen molar-refractivity contribution in [3.05, 3.63) is 24.3 Å². The fraction of sp³-hybridized carbons (Fsp3) is 0.250. The number of methoxy groups -OCH3 is 1. The first-order valence-electron chi connectivity index (χ1n) is 4.08. The van der Waals surface area contributed by atoms with Gasteiger partial charge in [0, 0.05) is 6.07 Å². The van der Waals surface area contributed by atoms with Crippen molar-refractivity contribution < 1.29 is 22.4 Å². The van der Waals surface area contributed by atoms with Crippen molar-refractivity contribution in [2.24, 2.45) is 0 Å². The van der Waals surface area contributed by atoms with Crippen LogP contribution in [0.5, 0.6) is 11.5 Å². The lowest BCUT2D eigenvalue weighted by atomic mass is 10.3. The predicted octanol–water partition coefficient (Wildman–Crippen LogP) is 2.66. The molecule has 0 aliphatic heterocycles. The molecule has 17 heavy (non-hydrogen) atoms. The Balaban J connectivity index is 2.74. The van der Waals surface area contributed by atoms with E-state index in [1.54, 1.807) is 12.1 Å². The highest BCUT2D eigenvalue weighted by molar-refractivity contribution is 7.92. The van der Waals surface area contributed by atoms with Crippen molar-refractivity contribution in [2.45, 2.75) is 3.12 Å².